The lowest BCUT2D eigenvalue weighted by molar-refractivity contribution is -0.151. The second-order valence-electron chi connectivity index (χ2n) is 8.00. The summed E-state index contributed by atoms with van der Waals surface area (Å²) >= 11 is 5.75. The number of nitrogens with one attached hydrogen (secondary N) is 2. The zero-order valence-electron chi connectivity index (χ0n) is 18.4. The van der Waals surface area contributed by atoms with E-state index in [4.69, 9.17) is 17.0 Å². The van der Waals surface area contributed by atoms with Gasteiger partial charge in [-0.15, -0.1) is 0 Å². The molecule has 33 heavy (non-hydrogen) atoms. The normalized spacial score (nSPS) is 21.1. The Labute approximate surface area is 197 Å². The van der Waals surface area contributed by atoms with E-state index in [1.165, 1.54) is 24.0 Å². The lowest BCUT2D eigenvalue weighted by Gasteiger charge is -2.44. The maximum absolute atomic E-state index is 12.8. The van der Waals surface area contributed by atoms with Crippen molar-refractivity contribution in [3.63, 3.8) is 0 Å². The van der Waals surface area contributed by atoms with Crippen LogP contribution < -0.4 is 10.0 Å². The fourth-order valence-corrected chi connectivity index (χ4v) is 5.92. The summed E-state index contributed by atoms with van der Waals surface area (Å²) in [4.78, 5) is 17.6. The summed E-state index contributed by atoms with van der Waals surface area (Å²) in [6, 6.07) is 5.23. The van der Waals surface area contributed by atoms with Crippen LogP contribution in [0.5, 0.6) is 0 Å². The van der Waals surface area contributed by atoms with E-state index in [-0.39, 0.29) is 5.03 Å². The van der Waals surface area contributed by atoms with Crippen molar-refractivity contribution in [3.05, 3.63) is 48.5 Å². The first kappa shape index (κ1) is 23.3. The number of fused-ring (bicyclic) bond motifs is 1. The number of ether oxygens (including phenoxy) is 1. The van der Waals surface area contributed by atoms with Crippen LogP contribution in [-0.4, -0.2) is 58.2 Å². The molecule has 1 aliphatic carbocycles. The molecule has 1 fully saturated rings. The molecule has 0 radical (unpaired) electrons. The Morgan fingerprint density at radius 3 is 2.85 bits per heavy atom. The number of sulfonamides is 1. The van der Waals surface area contributed by atoms with Gasteiger partial charge in [0.25, 0.3) is 10.0 Å². The number of hydrogen-bond donors (Lipinski definition) is 2. The molecule has 2 unspecified atom stereocenters. The molecule has 176 valence electrons. The number of carbonyl (C=O) groups is 1. The lowest BCUT2D eigenvalue weighted by atomic mass is 9.67. The molecule has 3 heterocycles. The fraction of sp³-hybridized carbons (Fsp3) is 0.429. The number of thiocarbonyl (C=S) groups is 1. The van der Waals surface area contributed by atoms with Crippen LogP contribution in [0.15, 0.2) is 48.0 Å². The monoisotopic (exact) mass is 490 g/mol. The highest BCUT2D eigenvalue weighted by Crippen LogP contribution is 2.42. The van der Waals surface area contributed by atoms with Crippen molar-refractivity contribution < 1.29 is 17.9 Å². The number of aromatic nitrogens is 4. The first-order valence-corrected chi connectivity index (χ1v) is 12.5. The van der Waals surface area contributed by atoms with Crippen LogP contribution in [-0.2, 0) is 32.0 Å². The Morgan fingerprint density at radius 1 is 1.30 bits per heavy atom. The third kappa shape index (κ3) is 4.37. The number of aryl methyl sites for hydroxylation is 1. The molecule has 0 aromatic carbocycles. The van der Waals surface area contributed by atoms with E-state index < -0.39 is 34.1 Å². The molecular formula is C21H26N6O4S2. The zero-order chi connectivity index (χ0) is 23.6. The molecule has 0 saturated heterocycles. The van der Waals surface area contributed by atoms with E-state index in [2.05, 4.69) is 20.1 Å². The minimum Gasteiger partial charge on any atom is -0.460 e. The summed E-state index contributed by atoms with van der Waals surface area (Å²) in [6.45, 7) is -0.493. The minimum absolute atomic E-state index is 0.0349. The van der Waals surface area contributed by atoms with Gasteiger partial charge in [-0.1, -0.05) is 24.7 Å². The molecule has 3 aromatic heterocycles. The van der Waals surface area contributed by atoms with E-state index in [0.29, 0.717) is 17.8 Å². The predicted molar refractivity (Wildman–Crippen MR) is 125 cm³/mol. The number of carbonyl (C=O) groups excluding carboxylic acids is 1. The summed E-state index contributed by atoms with van der Waals surface area (Å²) in [5.74, 6) is -0.667. The van der Waals surface area contributed by atoms with Crippen molar-refractivity contribution in [3.8, 4) is 0 Å². The topological polar surface area (TPSA) is 120 Å². The van der Waals surface area contributed by atoms with Crippen LogP contribution in [0, 0.1) is 0 Å². The van der Waals surface area contributed by atoms with Crippen molar-refractivity contribution in [1.29, 1.82) is 0 Å². The third-order valence-corrected chi connectivity index (χ3v) is 8.15. The van der Waals surface area contributed by atoms with E-state index in [1.54, 1.807) is 13.2 Å². The molecule has 1 aliphatic rings. The maximum Gasteiger partial charge on any atom is 0.321 e. The number of pyridine rings is 1. The fourth-order valence-electron chi connectivity index (χ4n) is 4.48. The van der Waals surface area contributed by atoms with E-state index in [0.717, 1.165) is 24.1 Å². The van der Waals surface area contributed by atoms with Gasteiger partial charge in [0.2, 0.25) is 0 Å². The minimum atomic E-state index is -3.90. The summed E-state index contributed by atoms with van der Waals surface area (Å²) in [5, 5.41) is 6.92. The second kappa shape index (κ2) is 9.20. The van der Waals surface area contributed by atoms with E-state index in [1.807, 2.05) is 28.9 Å². The lowest BCUT2D eigenvalue weighted by Crippen LogP contribution is -2.54. The van der Waals surface area contributed by atoms with Crippen LogP contribution >= 0.6 is 12.2 Å². The summed E-state index contributed by atoms with van der Waals surface area (Å²) in [5.41, 5.74) is 0.996. The van der Waals surface area contributed by atoms with Crippen molar-refractivity contribution >= 4 is 38.8 Å². The van der Waals surface area contributed by atoms with Gasteiger partial charge in [0.1, 0.15) is 18.3 Å². The molecule has 0 spiro atoms. The van der Waals surface area contributed by atoms with Crippen LogP contribution in [0.2, 0.25) is 0 Å². The Morgan fingerprint density at radius 2 is 2.12 bits per heavy atom. The highest BCUT2D eigenvalue weighted by molar-refractivity contribution is 7.89. The SMILES string of the molecule is CNC(=S)C1(c2ccc3nccn3c2)CCCCC1OC(=O)CNS(=O)(=O)c1ccnn1C. The van der Waals surface area contributed by atoms with Gasteiger partial charge in [-0.05, 0) is 37.0 Å². The first-order chi connectivity index (χ1) is 15.8. The number of likely N-dealkylation sites (N-methyl/N-ethyl adjacent to an activating group) is 1. The molecule has 3 aromatic rings. The molecule has 0 aliphatic heterocycles. The van der Waals surface area contributed by atoms with Crippen LogP contribution in [0.3, 0.4) is 0 Å². The van der Waals surface area contributed by atoms with Crippen molar-refractivity contribution in [1.82, 2.24) is 29.2 Å². The average Bonchev–Trinajstić information content (AvgIpc) is 3.46. The Hall–Kier alpha value is -2.83. The third-order valence-electron chi connectivity index (χ3n) is 6.10. The first-order valence-electron chi connectivity index (χ1n) is 10.6. The molecule has 0 bridgehead atoms. The van der Waals surface area contributed by atoms with Gasteiger partial charge in [-0.3, -0.25) is 9.48 Å². The van der Waals surface area contributed by atoms with Gasteiger partial charge in [0.05, 0.1) is 16.6 Å². The highest BCUT2D eigenvalue weighted by Gasteiger charge is 2.48. The van der Waals surface area contributed by atoms with E-state index in [9.17, 15) is 13.2 Å². The Kier molecular flexibility index (Phi) is 6.50. The molecular weight excluding hydrogens is 464 g/mol. The number of imidazole rings is 1. The Bertz CT molecular complexity index is 1280. The molecule has 2 atom stereocenters. The average molecular weight is 491 g/mol. The molecule has 4 rings (SSSR count). The molecule has 0 amide bonds. The van der Waals surface area contributed by atoms with Gasteiger partial charge < -0.3 is 14.5 Å². The van der Waals surface area contributed by atoms with Crippen LogP contribution in [0.4, 0.5) is 0 Å². The number of hydrogen-bond acceptors (Lipinski definition) is 7. The summed E-state index contributed by atoms with van der Waals surface area (Å²) < 4.78 is 36.3. The van der Waals surface area contributed by atoms with Crippen molar-refractivity contribution in [2.45, 2.75) is 42.2 Å². The van der Waals surface area contributed by atoms with Gasteiger partial charge in [0, 0.05) is 32.7 Å². The highest BCUT2D eigenvalue weighted by atomic mass is 32.2. The summed E-state index contributed by atoms with van der Waals surface area (Å²) in [6.07, 6.45) is 9.48. The van der Waals surface area contributed by atoms with Crippen molar-refractivity contribution in [2.24, 2.45) is 7.05 Å². The van der Waals surface area contributed by atoms with E-state index >= 15 is 0 Å². The standard InChI is InChI=1S/C21H26N6O4S2/c1-22-20(32)21(15-6-7-17-23-11-12-27(17)14-15)9-4-3-5-16(21)31-19(28)13-25-33(29,30)18-8-10-24-26(18)2/h6-8,10-12,14,16,25H,3-5,9,13H2,1-2H3,(H,22,32). The maximum atomic E-state index is 12.8. The smallest absolute Gasteiger partial charge is 0.321 e. The summed E-state index contributed by atoms with van der Waals surface area (Å²) in [7, 11) is -0.630. The molecule has 12 heteroatoms. The quantitative estimate of drug-likeness (QED) is 0.376. The Balaban J connectivity index is 1.58. The largest absolute Gasteiger partial charge is 0.460 e. The van der Waals surface area contributed by atoms with Gasteiger partial charge in [-0.25, -0.2) is 13.4 Å². The van der Waals surface area contributed by atoms with Crippen molar-refractivity contribution in [2.75, 3.05) is 13.6 Å². The molecule has 2 N–H and O–H groups in total. The number of nitrogens with zero attached hydrogens (tertiary/aromatic N) is 4. The second-order valence-corrected chi connectivity index (χ2v) is 10.1. The predicted octanol–water partition coefficient (Wildman–Crippen LogP) is 1.32. The van der Waals surface area contributed by atoms with Gasteiger partial charge in [-0.2, -0.15) is 9.82 Å². The van der Waals surface area contributed by atoms with Crippen LogP contribution in [0.25, 0.3) is 5.65 Å². The number of esters is 1. The van der Waals surface area contributed by atoms with Gasteiger partial charge in [0.15, 0.2) is 5.03 Å². The van der Waals surface area contributed by atoms with Gasteiger partial charge >= 0.3 is 5.97 Å². The molecule has 1 saturated carbocycles. The molecule has 10 nitrogen and oxygen atoms in total. The zero-order valence-corrected chi connectivity index (χ0v) is 20.0. The van der Waals surface area contributed by atoms with Crippen LogP contribution in [0.1, 0.15) is 31.2 Å². The number of rotatable bonds is 7.